The molecular weight excluding hydrogens is 435 g/mol. The molecule has 32 heavy (non-hydrogen) atoms. The molecule has 168 valence electrons. The maximum absolute atomic E-state index is 14.2. The number of alkyl carbamates (subject to hydrolysis) is 1. The minimum Gasteiger partial charge on any atom is -0.480 e. The van der Waals surface area contributed by atoms with Gasteiger partial charge in [0, 0.05) is 17.1 Å². The van der Waals surface area contributed by atoms with Crippen LogP contribution in [-0.4, -0.2) is 27.8 Å². The van der Waals surface area contributed by atoms with Crippen molar-refractivity contribution in [1.82, 2.24) is 9.88 Å². The van der Waals surface area contributed by atoms with E-state index in [-0.39, 0.29) is 17.7 Å². The average Bonchev–Trinajstić information content (AvgIpc) is 3.07. The van der Waals surface area contributed by atoms with E-state index in [0.29, 0.717) is 36.6 Å². The zero-order valence-corrected chi connectivity index (χ0v) is 18.4. The number of hydrogen-bond donors (Lipinski definition) is 2. The van der Waals surface area contributed by atoms with Crippen LogP contribution in [0.5, 0.6) is 0 Å². The van der Waals surface area contributed by atoms with Crippen molar-refractivity contribution >= 4 is 34.6 Å². The molecule has 2 aromatic carbocycles. The topological polar surface area (TPSA) is 80.6 Å². The molecule has 2 N–H and O–H groups in total. The molecule has 4 rings (SSSR count). The molecule has 0 fully saturated rings. The lowest BCUT2D eigenvalue weighted by atomic mass is 9.91. The number of benzene rings is 2. The van der Waals surface area contributed by atoms with Crippen molar-refractivity contribution in [3.05, 3.63) is 70.1 Å². The first kappa shape index (κ1) is 22.1. The Kier molecular flexibility index (Phi) is 6.37. The van der Waals surface area contributed by atoms with Crippen LogP contribution >= 0.6 is 11.6 Å². The summed E-state index contributed by atoms with van der Waals surface area (Å²) in [7, 11) is 0. The van der Waals surface area contributed by atoms with Crippen LogP contribution in [0.4, 0.5) is 9.18 Å². The first-order valence-corrected chi connectivity index (χ1v) is 11.0. The van der Waals surface area contributed by atoms with Crippen LogP contribution in [0.2, 0.25) is 5.02 Å². The molecule has 0 saturated heterocycles. The molecule has 6 nitrogen and oxygen atoms in total. The first-order valence-electron chi connectivity index (χ1n) is 10.6. The van der Waals surface area contributed by atoms with Gasteiger partial charge in [0.2, 0.25) is 0 Å². The average molecular weight is 459 g/mol. The van der Waals surface area contributed by atoms with Crippen molar-refractivity contribution in [2.24, 2.45) is 0 Å². The highest BCUT2D eigenvalue weighted by Crippen LogP contribution is 2.39. The molecule has 1 aliphatic carbocycles. The summed E-state index contributed by atoms with van der Waals surface area (Å²) in [5.74, 6) is -1.44. The maximum Gasteiger partial charge on any atom is 0.407 e. The number of carbonyl (C=O) groups excluding carboxylic acids is 1. The number of carboxylic acids is 1. The van der Waals surface area contributed by atoms with Gasteiger partial charge in [0.1, 0.15) is 18.5 Å². The van der Waals surface area contributed by atoms with Crippen LogP contribution in [0, 0.1) is 5.82 Å². The number of carbonyl (C=O) groups is 2. The van der Waals surface area contributed by atoms with Gasteiger partial charge in [0.25, 0.3) is 0 Å². The summed E-state index contributed by atoms with van der Waals surface area (Å²) in [4.78, 5) is 24.2. The Hall–Kier alpha value is -3.06. The molecule has 0 radical (unpaired) electrons. The number of rotatable bonds is 6. The molecule has 2 atom stereocenters. The fourth-order valence-corrected chi connectivity index (χ4v) is 4.80. The number of aliphatic carboxylic acids is 1. The summed E-state index contributed by atoms with van der Waals surface area (Å²) < 4.78 is 21.2. The third-order valence-corrected chi connectivity index (χ3v) is 6.22. The maximum atomic E-state index is 14.2. The van der Waals surface area contributed by atoms with Crippen LogP contribution in [0.15, 0.2) is 42.5 Å². The van der Waals surface area contributed by atoms with Gasteiger partial charge < -0.3 is 19.7 Å². The fraction of sp³-hybridized carbons (Fsp3) is 0.333. The predicted octanol–water partition coefficient (Wildman–Crippen LogP) is 5.25. The Balaban J connectivity index is 1.60. The van der Waals surface area contributed by atoms with E-state index in [0.717, 1.165) is 16.8 Å². The van der Waals surface area contributed by atoms with Gasteiger partial charge in [-0.15, -0.1) is 0 Å². The van der Waals surface area contributed by atoms with E-state index in [4.69, 9.17) is 16.3 Å². The van der Waals surface area contributed by atoms with Gasteiger partial charge in [-0.3, -0.25) is 0 Å². The second-order valence-electron chi connectivity index (χ2n) is 7.99. The number of hydrogen-bond acceptors (Lipinski definition) is 3. The lowest BCUT2D eigenvalue weighted by Crippen LogP contribution is -2.39. The second kappa shape index (κ2) is 9.20. The number of halogens is 2. The molecule has 0 spiro atoms. The van der Waals surface area contributed by atoms with E-state index < -0.39 is 23.9 Å². The number of aromatic nitrogens is 1. The summed E-state index contributed by atoms with van der Waals surface area (Å²) >= 11 is 6.37. The molecule has 8 heteroatoms. The van der Waals surface area contributed by atoms with Crippen LogP contribution in [0.25, 0.3) is 10.9 Å². The van der Waals surface area contributed by atoms with E-state index in [1.165, 1.54) is 12.1 Å². The van der Waals surface area contributed by atoms with Gasteiger partial charge in [-0.1, -0.05) is 48.9 Å². The van der Waals surface area contributed by atoms with Gasteiger partial charge in [0.05, 0.1) is 10.5 Å². The van der Waals surface area contributed by atoms with Crippen LogP contribution < -0.4 is 5.32 Å². The second-order valence-corrected chi connectivity index (χ2v) is 8.39. The number of fused-ring (bicyclic) bond motifs is 3. The Labute approximate surface area is 189 Å². The van der Waals surface area contributed by atoms with Crippen molar-refractivity contribution < 1.29 is 23.8 Å². The number of nitrogens with zero attached hydrogens (tertiary/aromatic N) is 1. The Morgan fingerprint density at radius 3 is 2.75 bits per heavy atom. The molecular formula is C24H24ClFN2O4. The first-order chi connectivity index (χ1) is 15.4. The Morgan fingerprint density at radius 2 is 2.06 bits per heavy atom. The minimum atomic E-state index is -0.961. The highest BCUT2D eigenvalue weighted by molar-refractivity contribution is 6.35. The number of ether oxygens (including phenoxy) is 1. The van der Waals surface area contributed by atoms with Crippen LogP contribution in [-0.2, 0) is 29.0 Å². The largest absolute Gasteiger partial charge is 0.480 e. The van der Waals surface area contributed by atoms with Gasteiger partial charge in [-0.2, -0.15) is 0 Å². The Morgan fingerprint density at radius 1 is 1.31 bits per heavy atom. The smallest absolute Gasteiger partial charge is 0.407 e. The summed E-state index contributed by atoms with van der Waals surface area (Å²) in [5, 5.41) is 13.4. The van der Waals surface area contributed by atoms with Crippen molar-refractivity contribution in [1.29, 1.82) is 0 Å². The van der Waals surface area contributed by atoms with Crippen molar-refractivity contribution in [3.63, 3.8) is 0 Å². The van der Waals surface area contributed by atoms with Crippen molar-refractivity contribution in [3.8, 4) is 0 Å². The van der Waals surface area contributed by atoms with E-state index in [1.807, 2.05) is 30.3 Å². The zero-order valence-electron chi connectivity index (χ0n) is 17.6. The molecule has 0 bridgehead atoms. The summed E-state index contributed by atoms with van der Waals surface area (Å²) in [6, 6.07) is 11.0. The van der Waals surface area contributed by atoms with Crippen LogP contribution in [0.3, 0.4) is 0 Å². The van der Waals surface area contributed by atoms with Crippen molar-refractivity contribution in [2.45, 2.75) is 51.3 Å². The Bertz CT molecular complexity index is 1160. The fourth-order valence-electron chi connectivity index (χ4n) is 4.50. The van der Waals surface area contributed by atoms with Gasteiger partial charge >= 0.3 is 12.1 Å². The summed E-state index contributed by atoms with van der Waals surface area (Å²) in [5.41, 5.74) is 3.07. The minimum absolute atomic E-state index is 0.168. The SMILES string of the molecule is CCC(C(=O)O)n1c2c(c3cc(F)cc(Cl)c31)C[C@@H](NC(=O)OCc1ccccc1)CC2. The zero-order chi connectivity index (χ0) is 22.8. The monoisotopic (exact) mass is 458 g/mol. The summed E-state index contributed by atoms with van der Waals surface area (Å²) in [6.07, 6.45) is 1.43. The van der Waals surface area contributed by atoms with Gasteiger partial charge in [-0.05, 0) is 48.9 Å². The molecule has 1 unspecified atom stereocenters. The van der Waals surface area contributed by atoms with E-state index in [1.54, 1.807) is 11.5 Å². The normalized spacial score (nSPS) is 16.4. The molecule has 3 aromatic rings. The summed E-state index contributed by atoms with van der Waals surface area (Å²) in [6.45, 7) is 1.96. The van der Waals surface area contributed by atoms with Crippen LogP contribution in [0.1, 0.15) is 42.6 Å². The number of carboxylic acid groups (broad SMARTS) is 1. The standard InChI is InChI=1S/C24H24ClFN2O4/c1-2-20(23(29)30)28-21-9-8-16(27-24(31)32-13-14-6-4-3-5-7-14)12-17(21)18-10-15(26)11-19(25)22(18)28/h3-7,10-11,16,20H,2,8-9,12-13H2,1H3,(H,27,31)(H,29,30)/t16-,20?/m0/s1. The lowest BCUT2D eigenvalue weighted by molar-refractivity contribution is -0.140. The number of nitrogens with one attached hydrogen (secondary N) is 1. The van der Waals surface area contributed by atoms with E-state index >= 15 is 0 Å². The van der Waals surface area contributed by atoms with E-state index in [9.17, 15) is 19.1 Å². The predicted molar refractivity (Wildman–Crippen MR) is 119 cm³/mol. The molecule has 1 amide bonds. The molecule has 1 heterocycles. The highest BCUT2D eigenvalue weighted by atomic mass is 35.5. The van der Waals surface area contributed by atoms with Gasteiger partial charge in [0.15, 0.2) is 0 Å². The third-order valence-electron chi connectivity index (χ3n) is 5.93. The van der Waals surface area contributed by atoms with Gasteiger partial charge in [-0.25, -0.2) is 14.0 Å². The highest BCUT2D eigenvalue weighted by Gasteiger charge is 2.32. The quantitative estimate of drug-likeness (QED) is 0.528. The number of amides is 1. The molecule has 1 aromatic heterocycles. The lowest BCUT2D eigenvalue weighted by Gasteiger charge is -2.26. The van der Waals surface area contributed by atoms with Crippen molar-refractivity contribution in [2.75, 3.05) is 0 Å². The van der Waals surface area contributed by atoms with E-state index in [2.05, 4.69) is 5.32 Å². The molecule has 1 aliphatic rings. The molecule has 0 saturated carbocycles. The molecule has 0 aliphatic heterocycles. The third kappa shape index (κ3) is 4.30.